The molecule has 1 fully saturated rings. The molecule has 10 nitrogen and oxygen atoms in total. The summed E-state index contributed by atoms with van der Waals surface area (Å²) >= 11 is 0. The average molecular weight is 479 g/mol. The number of sulfonamides is 1. The number of rotatable bonds is 10. The summed E-state index contributed by atoms with van der Waals surface area (Å²) in [6, 6.07) is 10.7. The van der Waals surface area contributed by atoms with Crippen molar-refractivity contribution in [2.24, 2.45) is 0 Å². The summed E-state index contributed by atoms with van der Waals surface area (Å²) in [7, 11) is -0.0540. The number of anilines is 2. The van der Waals surface area contributed by atoms with Crippen LogP contribution in [-0.2, 0) is 10.0 Å². The van der Waals surface area contributed by atoms with E-state index in [0.29, 0.717) is 31.1 Å². The van der Waals surface area contributed by atoms with E-state index in [9.17, 15) is 23.6 Å². The Labute approximate surface area is 194 Å². The number of benzene rings is 2. The maximum atomic E-state index is 12.9. The van der Waals surface area contributed by atoms with Crippen LogP contribution in [0.1, 0.15) is 19.3 Å². The predicted molar refractivity (Wildman–Crippen MR) is 125 cm³/mol. The van der Waals surface area contributed by atoms with Gasteiger partial charge < -0.3 is 20.1 Å². The Morgan fingerprint density at radius 3 is 2.42 bits per heavy atom. The summed E-state index contributed by atoms with van der Waals surface area (Å²) in [5.41, 5.74) is 0.443. The molecule has 180 valence electrons. The maximum Gasteiger partial charge on any atom is 0.294 e. The number of aliphatic hydroxyl groups is 1. The number of likely N-dealkylation sites (N-methyl/N-ethyl adjacent to an activating group) is 1. The minimum absolute atomic E-state index is 0.0818. The van der Waals surface area contributed by atoms with Gasteiger partial charge in [-0.1, -0.05) is 6.42 Å². The van der Waals surface area contributed by atoms with E-state index in [2.05, 4.69) is 5.32 Å². The lowest BCUT2D eigenvalue weighted by Crippen LogP contribution is -2.35. The number of hydrogen-bond acceptors (Lipinski definition) is 8. The van der Waals surface area contributed by atoms with Crippen molar-refractivity contribution >= 4 is 27.1 Å². The molecule has 0 saturated carbocycles. The van der Waals surface area contributed by atoms with Gasteiger partial charge in [-0.05, 0) is 63.3 Å². The molecule has 1 saturated heterocycles. The molecular formula is C22H30N4O6S. The molecule has 0 aliphatic carbocycles. The van der Waals surface area contributed by atoms with E-state index in [1.165, 1.54) is 16.4 Å². The van der Waals surface area contributed by atoms with Crippen molar-refractivity contribution in [2.75, 3.05) is 45.7 Å². The second-order valence-corrected chi connectivity index (χ2v) is 10.2. The zero-order valence-electron chi connectivity index (χ0n) is 18.8. The Balaban J connectivity index is 1.72. The number of piperidine rings is 1. The van der Waals surface area contributed by atoms with Gasteiger partial charge in [-0.15, -0.1) is 0 Å². The second-order valence-electron chi connectivity index (χ2n) is 8.28. The quantitative estimate of drug-likeness (QED) is 0.394. The van der Waals surface area contributed by atoms with E-state index in [1.807, 2.05) is 19.0 Å². The monoisotopic (exact) mass is 478 g/mol. The van der Waals surface area contributed by atoms with Gasteiger partial charge in [0.2, 0.25) is 10.0 Å². The van der Waals surface area contributed by atoms with Gasteiger partial charge in [-0.25, -0.2) is 8.42 Å². The number of nitro groups is 1. The predicted octanol–water partition coefficient (Wildman–Crippen LogP) is 2.81. The summed E-state index contributed by atoms with van der Waals surface area (Å²) in [6.45, 7) is 1.48. The van der Waals surface area contributed by atoms with E-state index < -0.39 is 21.1 Å². The lowest BCUT2D eigenvalue weighted by atomic mass is 10.2. The molecule has 2 N–H and O–H groups in total. The van der Waals surface area contributed by atoms with E-state index in [4.69, 9.17) is 4.74 Å². The van der Waals surface area contributed by atoms with Gasteiger partial charge in [-0.3, -0.25) is 10.1 Å². The van der Waals surface area contributed by atoms with Crippen molar-refractivity contribution in [2.45, 2.75) is 30.3 Å². The third-order valence-electron chi connectivity index (χ3n) is 5.27. The van der Waals surface area contributed by atoms with Crippen molar-refractivity contribution < 1.29 is 23.2 Å². The number of ether oxygens (including phenoxy) is 1. The third kappa shape index (κ3) is 6.64. The molecule has 0 amide bonds. The summed E-state index contributed by atoms with van der Waals surface area (Å²) in [5, 5.41) is 24.5. The van der Waals surface area contributed by atoms with Crippen molar-refractivity contribution in [3.8, 4) is 5.75 Å². The van der Waals surface area contributed by atoms with Crippen molar-refractivity contribution in [1.82, 2.24) is 9.21 Å². The highest BCUT2D eigenvalue weighted by Crippen LogP contribution is 2.32. The topological polar surface area (TPSA) is 125 Å². The Morgan fingerprint density at radius 2 is 1.82 bits per heavy atom. The highest BCUT2D eigenvalue weighted by atomic mass is 32.2. The van der Waals surface area contributed by atoms with Crippen LogP contribution in [0.5, 0.6) is 5.75 Å². The fourth-order valence-corrected chi connectivity index (χ4v) is 5.18. The van der Waals surface area contributed by atoms with Crippen LogP contribution < -0.4 is 10.1 Å². The highest BCUT2D eigenvalue weighted by molar-refractivity contribution is 7.89. The zero-order chi connectivity index (χ0) is 24.0. The van der Waals surface area contributed by atoms with E-state index in [0.717, 1.165) is 25.3 Å². The first-order valence-corrected chi connectivity index (χ1v) is 12.2. The van der Waals surface area contributed by atoms with Gasteiger partial charge in [0.05, 0.1) is 9.82 Å². The second kappa shape index (κ2) is 10.9. The van der Waals surface area contributed by atoms with Crippen molar-refractivity contribution in [3.63, 3.8) is 0 Å². The Hall–Kier alpha value is -2.73. The molecular weight excluding hydrogens is 448 g/mol. The first-order chi connectivity index (χ1) is 15.7. The molecule has 1 heterocycles. The van der Waals surface area contributed by atoms with Gasteiger partial charge in [0.15, 0.2) is 0 Å². The minimum atomic E-state index is -3.77. The third-order valence-corrected chi connectivity index (χ3v) is 7.16. The molecule has 0 aromatic heterocycles. The van der Waals surface area contributed by atoms with Crippen LogP contribution in [0.15, 0.2) is 47.4 Å². The van der Waals surface area contributed by atoms with Crippen LogP contribution in [0.3, 0.4) is 0 Å². The molecule has 0 bridgehead atoms. The Kier molecular flexibility index (Phi) is 8.25. The van der Waals surface area contributed by atoms with Crippen LogP contribution in [0.4, 0.5) is 17.1 Å². The SMILES string of the molecule is CN(C)CC(O)COc1ccc(Nc2ccc(S(=O)(=O)N3CCCCC3)cc2[N+](=O)[O-])cc1. The Bertz CT molecular complexity index is 1050. The van der Waals surface area contributed by atoms with Crippen LogP contribution in [-0.4, -0.2) is 74.1 Å². The number of hydrogen-bond donors (Lipinski definition) is 2. The molecule has 1 unspecified atom stereocenters. The molecule has 1 atom stereocenters. The minimum Gasteiger partial charge on any atom is -0.491 e. The van der Waals surface area contributed by atoms with Gasteiger partial charge in [-0.2, -0.15) is 4.31 Å². The average Bonchev–Trinajstić information content (AvgIpc) is 2.78. The van der Waals surface area contributed by atoms with Crippen LogP contribution in [0, 0.1) is 10.1 Å². The molecule has 1 aliphatic rings. The number of nitro benzene ring substituents is 1. The smallest absolute Gasteiger partial charge is 0.294 e. The van der Waals surface area contributed by atoms with Crippen LogP contribution in [0.25, 0.3) is 0 Å². The largest absolute Gasteiger partial charge is 0.491 e. The number of nitrogens with zero attached hydrogens (tertiary/aromatic N) is 3. The van der Waals surface area contributed by atoms with Crippen molar-refractivity contribution in [1.29, 1.82) is 0 Å². The number of nitrogens with one attached hydrogen (secondary N) is 1. The first kappa shape index (κ1) is 24.9. The van der Waals surface area contributed by atoms with Crippen LogP contribution in [0.2, 0.25) is 0 Å². The lowest BCUT2D eigenvalue weighted by molar-refractivity contribution is -0.384. The van der Waals surface area contributed by atoms with Crippen LogP contribution >= 0.6 is 0 Å². The first-order valence-electron chi connectivity index (χ1n) is 10.8. The van der Waals surface area contributed by atoms with E-state index in [-0.39, 0.29) is 22.9 Å². The summed E-state index contributed by atoms with van der Waals surface area (Å²) in [4.78, 5) is 12.8. The number of aliphatic hydroxyl groups excluding tert-OH is 1. The van der Waals surface area contributed by atoms with Gasteiger partial charge in [0, 0.05) is 31.4 Å². The Morgan fingerprint density at radius 1 is 1.15 bits per heavy atom. The summed E-state index contributed by atoms with van der Waals surface area (Å²) in [5.74, 6) is 0.552. The lowest BCUT2D eigenvalue weighted by Gasteiger charge is -2.25. The molecule has 2 aromatic rings. The highest BCUT2D eigenvalue weighted by Gasteiger charge is 2.28. The van der Waals surface area contributed by atoms with Gasteiger partial charge in [0.25, 0.3) is 5.69 Å². The molecule has 11 heteroatoms. The molecule has 0 radical (unpaired) electrons. The van der Waals surface area contributed by atoms with E-state index >= 15 is 0 Å². The van der Waals surface area contributed by atoms with Gasteiger partial charge in [0.1, 0.15) is 24.1 Å². The molecule has 2 aromatic carbocycles. The molecule has 33 heavy (non-hydrogen) atoms. The zero-order valence-corrected chi connectivity index (χ0v) is 19.6. The standard InChI is InChI=1S/C22H30N4O6S/c1-24(2)15-18(27)16-32-19-8-6-17(7-9-19)23-21-11-10-20(14-22(21)26(28)29)33(30,31)25-12-4-3-5-13-25/h6-11,14,18,23,27H,3-5,12-13,15-16H2,1-2H3. The summed E-state index contributed by atoms with van der Waals surface area (Å²) in [6.07, 6.45) is 1.93. The van der Waals surface area contributed by atoms with E-state index in [1.54, 1.807) is 24.3 Å². The fourth-order valence-electron chi connectivity index (χ4n) is 3.64. The van der Waals surface area contributed by atoms with Gasteiger partial charge >= 0.3 is 0 Å². The molecule has 3 rings (SSSR count). The molecule has 1 aliphatic heterocycles. The maximum absolute atomic E-state index is 12.9. The molecule has 0 spiro atoms. The summed E-state index contributed by atoms with van der Waals surface area (Å²) < 4.78 is 32.7. The normalized spacial score (nSPS) is 15.9. The fraction of sp³-hybridized carbons (Fsp3) is 0.455. The van der Waals surface area contributed by atoms with Crippen molar-refractivity contribution in [3.05, 3.63) is 52.6 Å².